The van der Waals surface area contributed by atoms with Crippen molar-refractivity contribution >= 4 is 11.9 Å². The second-order valence-corrected chi connectivity index (χ2v) is 12.2. The van der Waals surface area contributed by atoms with E-state index in [9.17, 15) is 9.59 Å². The Labute approximate surface area is 300 Å². The van der Waals surface area contributed by atoms with Crippen LogP contribution in [0.15, 0.2) is 54.6 Å². The van der Waals surface area contributed by atoms with E-state index in [0.717, 1.165) is 36.0 Å². The Morgan fingerprint density at radius 1 is 0.843 bits per heavy atom. The molecule has 1 N–H and O–H groups in total. The molecule has 0 unspecified atom stereocenters. The number of carboxylic acids is 1. The molecule has 0 radical (unpaired) electrons. The molecular formula is C39H51NO11. The van der Waals surface area contributed by atoms with Gasteiger partial charge in [-0.1, -0.05) is 25.1 Å². The molecule has 0 saturated carbocycles. The molecular weight excluding hydrogens is 658 g/mol. The molecule has 51 heavy (non-hydrogen) atoms. The summed E-state index contributed by atoms with van der Waals surface area (Å²) in [5.41, 5.74) is 2.67. The van der Waals surface area contributed by atoms with Gasteiger partial charge in [0.1, 0.15) is 12.5 Å². The molecule has 3 aromatic carbocycles. The molecule has 12 nitrogen and oxygen atoms in total. The average Bonchev–Trinajstić information content (AvgIpc) is 3.16. The van der Waals surface area contributed by atoms with Crippen molar-refractivity contribution < 1.29 is 52.6 Å². The van der Waals surface area contributed by atoms with Crippen molar-refractivity contribution in [3.8, 4) is 34.5 Å². The molecule has 0 aromatic heterocycles. The molecule has 1 saturated heterocycles. The number of carbonyl (C=O) groups excluding carboxylic acids is 1. The van der Waals surface area contributed by atoms with Crippen LogP contribution < -0.4 is 28.4 Å². The van der Waals surface area contributed by atoms with Crippen LogP contribution >= 0.6 is 0 Å². The molecule has 1 fully saturated rings. The zero-order valence-electron chi connectivity index (χ0n) is 30.5. The molecule has 0 bridgehead atoms. The lowest BCUT2D eigenvalue weighted by Crippen LogP contribution is -2.48. The van der Waals surface area contributed by atoms with Crippen LogP contribution in [0.5, 0.6) is 34.5 Å². The zero-order chi connectivity index (χ0) is 36.8. The fourth-order valence-corrected chi connectivity index (χ4v) is 6.46. The van der Waals surface area contributed by atoms with E-state index in [1.54, 1.807) is 47.7 Å². The van der Waals surface area contributed by atoms with Crippen LogP contribution in [0.25, 0.3) is 0 Å². The van der Waals surface area contributed by atoms with Gasteiger partial charge in [0.2, 0.25) is 11.7 Å². The van der Waals surface area contributed by atoms with Gasteiger partial charge >= 0.3 is 5.97 Å². The summed E-state index contributed by atoms with van der Waals surface area (Å²) in [6, 6.07) is 16.6. The van der Waals surface area contributed by atoms with E-state index in [4.69, 9.17) is 43.0 Å². The van der Waals surface area contributed by atoms with Gasteiger partial charge in [-0.05, 0) is 91.6 Å². The molecule has 3 aromatic rings. The van der Waals surface area contributed by atoms with E-state index < -0.39 is 18.5 Å². The van der Waals surface area contributed by atoms with Crippen molar-refractivity contribution in [3.05, 3.63) is 71.3 Å². The van der Waals surface area contributed by atoms with E-state index in [1.807, 2.05) is 54.3 Å². The summed E-state index contributed by atoms with van der Waals surface area (Å²) in [4.78, 5) is 27.2. The Morgan fingerprint density at radius 3 is 2.22 bits per heavy atom. The number of rotatable bonds is 20. The standard InChI is InChI=1S/C39H51NO11/c1-7-31(28-21-35(46-4)38(48-6)36(22-28)47-5)39(43)40-18-9-8-12-29(40)23-49-25-51-32(27-11-10-13-30(20-27)50-24-37(41)42)16-14-26-15-17-33(44-2)34(19-26)45-3/h10-11,13,15,17,19-22,29,31-32H,7-9,12,14,16,18,23-25H2,1-6H3,(H,41,42)/t29-,31-,32+/m0/s1. The smallest absolute Gasteiger partial charge is 0.341 e. The molecule has 1 aliphatic heterocycles. The lowest BCUT2D eigenvalue weighted by atomic mass is 9.92. The molecule has 0 spiro atoms. The minimum Gasteiger partial charge on any atom is -0.493 e. The van der Waals surface area contributed by atoms with Gasteiger partial charge in [0, 0.05) is 6.54 Å². The summed E-state index contributed by atoms with van der Waals surface area (Å²) in [6.45, 7) is 2.52. The largest absolute Gasteiger partial charge is 0.493 e. The zero-order valence-corrected chi connectivity index (χ0v) is 30.5. The van der Waals surface area contributed by atoms with Crippen LogP contribution in [0.4, 0.5) is 0 Å². The third kappa shape index (κ3) is 10.4. The fraction of sp³-hybridized carbons (Fsp3) is 0.487. The normalized spacial score (nSPS) is 15.4. The van der Waals surface area contributed by atoms with Crippen molar-refractivity contribution in [2.75, 3.05) is 62.1 Å². The number of nitrogens with zero attached hydrogens (tertiary/aromatic N) is 1. The first-order valence-corrected chi connectivity index (χ1v) is 17.2. The van der Waals surface area contributed by atoms with Crippen molar-refractivity contribution in [1.29, 1.82) is 0 Å². The van der Waals surface area contributed by atoms with Gasteiger partial charge in [-0.25, -0.2) is 4.79 Å². The number of amides is 1. The van der Waals surface area contributed by atoms with Crippen LogP contribution in [0.3, 0.4) is 0 Å². The fourth-order valence-electron chi connectivity index (χ4n) is 6.46. The van der Waals surface area contributed by atoms with Gasteiger partial charge in [0.25, 0.3) is 0 Å². The number of benzene rings is 3. The van der Waals surface area contributed by atoms with Crippen molar-refractivity contribution in [2.24, 2.45) is 0 Å². The number of piperidine rings is 1. The van der Waals surface area contributed by atoms with Gasteiger partial charge in [-0.15, -0.1) is 0 Å². The van der Waals surface area contributed by atoms with Crippen molar-refractivity contribution in [2.45, 2.75) is 63.5 Å². The highest BCUT2D eigenvalue weighted by atomic mass is 16.7. The van der Waals surface area contributed by atoms with E-state index >= 15 is 0 Å². The third-order valence-corrected chi connectivity index (χ3v) is 9.10. The number of hydrogen-bond donors (Lipinski definition) is 1. The first-order valence-electron chi connectivity index (χ1n) is 17.2. The molecule has 3 atom stereocenters. The Hall–Kier alpha value is -4.68. The number of aliphatic carboxylic acids is 1. The molecule has 1 amide bonds. The molecule has 1 aliphatic rings. The topological polar surface area (TPSA) is 131 Å². The van der Waals surface area contributed by atoms with Gasteiger partial charge in [0.05, 0.1) is 60.2 Å². The van der Waals surface area contributed by atoms with Gasteiger partial charge < -0.3 is 47.9 Å². The van der Waals surface area contributed by atoms with Crippen LogP contribution in [-0.4, -0.2) is 90.0 Å². The minimum absolute atomic E-state index is 0.000570. The van der Waals surface area contributed by atoms with Crippen LogP contribution in [0.2, 0.25) is 0 Å². The number of likely N-dealkylation sites (tertiary alicyclic amines) is 1. The predicted octanol–water partition coefficient (Wildman–Crippen LogP) is 6.43. The first-order chi connectivity index (χ1) is 24.8. The quantitative estimate of drug-likeness (QED) is 0.103. The van der Waals surface area contributed by atoms with Crippen LogP contribution in [0.1, 0.15) is 67.7 Å². The molecule has 278 valence electrons. The lowest BCUT2D eigenvalue weighted by molar-refractivity contribution is -0.143. The summed E-state index contributed by atoms with van der Waals surface area (Å²) in [5, 5.41) is 9.09. The van der Waals surface area contributed by atoms with Gasteiger partial charge in [-0.2, -0.15) is 0 Å². The van der Waals surface area contributed by atoms with Gasteiger partial charge in [-0.3, -0.25) is 4.79 Å². The summed E-state index contributed by atoms with van der Waals surface area (Å²) in [5.74, 6) is 1.80. The second-order valence-electron chi connectivity index (χ2n) is 12.2. The average molecular weight is 710 g/mol. The van der Waals surface area contributed by atoms with Crippen LogP contribution in [-0.2, 0) is 25.5 Å². The molecule has 4 rings (SSSR count). The second kappa shape index (κ2) is 19.6. The van der Waals surface area contributed by atoms with E-state index in [0.29, 0.717) is 66.9 Å². The number of carboxylic acid groups (broad SMARTS) is 1. The monoisotopic (exact) mass is 709 g/mol. The summed E-state index contributed by atoms with van der Waals surface area (Å²) >= 11 is 0. The number of methoxy groups -OCH3 is 5. The maximum Gasteiger partial charge on any atom is 0.341 e. The van der Waals surface area contributed by atoms with Crippen molar-refractivity contribution in [1.82, 2.24) is 4.90 Å². The van der Waals surface area contributed by atoms with E-state index in [-0.39, 0.29) is 24.8 Å². The summed E-state index contributed by atoms with van der Waals surface area (Å²) in [7, 11) is 7.88. The van der Waals surface area contributed by atoms with Crippen molar-refractivity contribution in [3.63, 3.8) is 0 Å². The maximum absolute atomic E-state index is 14.1. The highest BCUT2D eigenvalue weighted by molar-refractivity contribution is 5.84. The van der Waals surface area contributed by atoms with Gasteiger partial charge in [0.15, 0.2) is 29.6 Å². The Balaban J connectivity index is 1.45. The minimum atomic E-state index is -1.06. The predicted molar refractivity (Wildman–Crippen MR) is 191 cm³/mol. The Bertz CT molecular complexity index is 1550. The Morgan fingerprint density at radius 2 is 1.57 bits per heavy atom. The maximum atomic E-state index is 14.1. The first kappa shape index (κ1) is 39.1. The van der Waals surface area contributed by atoms with E-state index in [2.05, 4.69) is 0 Å². The molecule has 12 heteroatoms. The number of hydrogen-bond acceptors (Lipinski definition) is 10. The highest BCUT2D eigenvalue weighted by Gasteiger charge is 2.33. The summed E-state index contributed by atoms with van der Waals surface area (Å²) < 4.78 is 45.4. The lowest BCUT2D eigenvalue weighted by Gasteiger charge is -2.38. The molecule has 0 aliphatic carbocycles. The Kier molecular flexibility index (Phi) is 15.1. The number of carbonyl (C=O) groups is 2. The highest BCUT2D eigenvalue weighted by Crippen LogP contribution is 2.41. The summed E-state index contributed by atoms with van der Waals surface area (Å²) in [6.07, 6.45) is 4.21. The van der Waals surface area contributed by atoms with E-state index in [1.165, 1.54) is 0 Å². The number of aryl methyl sites for hydroxylation is 1. The SMILES string of the molecule is CC[C@H](C(=O)N1CCCC[C@H]1COCO[C@H](CCc1ccc(OC)c(OC)c1)c1cccc(OCC(=O)O)c1)c1cc(OC)c(OC)c(OC)c1. The number of ether oxygens (including phenoxy) is 8. The third-order valence-electron chi connectivity index (χ3n) is 9.10. The van der Waals surface area contributed by atoms with Crippen LogP contribution in [0, 0.1) is 0 Å². The molecule has 1 heterocycles.